The lowest BCUT2D eigenvalue weighted by Gasteiger charge is -2.14. The van der Waals surface area contributed by atoms with Gasteiger partial charge in [-0.05, 0) is 44.2 Å². The van der Waals surface area contributed by atoms with Gasteiger partial charge in [-0.3, -0.25) is 4.79 Å². The molecule has 1 rings (SSSR count). The van der Waals surface area contributed by atoms with Crippen LogP contribution in [0, 0.1) is 13.8 Å². The highest BCUT2D eigenvalue weighted by Gasteiger charge is 2.13. The van der Waals surface area contributed by atoms with Crippen LogP contribution in [0.25, 0.3) is 0 Å². The first-order valence-electron chi connectivity index (χ1n) is 5.20. The summed E-state index contributed by atoms with van der Waals surface area (Å²) >= 11 is 0. The van der Waals surface area contributed by atoms with Crippen molar-refractivity contribution in [3.63, 3.8) is 0 Å². The maximum Gasteiger partial charge on any atom is 0.238 e. The minimum absolute atomic E-state index is 0.245. The number of benzene rings is 1. The summed E-state index contributed by atoms with van der Waals surface area (Å²) in [4.78, 5) is 11.0. The SMILES string of the molecule is CNC(COc1cc(C)cc(C)c1)C(N)=O. The van der Waals surface area contributed by atoms with Crippen LogP contribution in [0.1, 0.15) is 11.1 Å². The van der Waals surface area contributed by atoms with E-state index in [1.165, 1.54) is 0 Å². The van der Waals surface area contributed by atoms with E-state index in [0.29, 0.717) is 0 Å². The zero-order valence-corrected chi connectivity index (χ0v) is 9.91. The predicted molar refractivity (Wildman–Crippen MR) is 63.5 cm³/mol. The highest BCUT2D eigenvalue weighted by Crippen LogP contribution is 2.16. The zero-order chi connectivity index (χ0) is 12.1. The Morgan fingerprint density at radius 1 is 1.38 bits per heavy atom. The summed E-state index contributed by atoms with van der Waals surface area (Å²) < 4.78 is 5.52. The fourth-order valence-electron chi connectivity index (χ4n) is 1.50. The van der Waals surface area contributed by atoms with Crippen molar-refractivity contribution in [2.45, 2.75) is 19.9 Å². The molecule has 0 aliphatic heterocycles. The normalized spacial score (nSPS) is 12.2. The smallest absolute Gasteiger partial charge is 0.238 e. The monoisotopic (exact) mass is 222 g/mol. The average Bonchev–Trinajstić information content (AvgIpc) is 2.16. The Morgan fingerprint density at radius 2 is 1.94 bits per heavy atom. The quantitative estimate of drug-likeness (QED) is 0.773. The molecule has 0 saturated carbocycles. The van der Waals surface area contributed by atoms with Gasteiger partial charge in [0, 0.05) is 0 Å². The second kappa shape index (κ2) is 5.51. The van der Waals surface area contributed by atoms with Gasteiger partial charge in [-0.15, -0.1) is 0 Å². The van der Waals surface area contributed by atoms with Crippen molar-refractivity contribution in [3.05, 3.63) is 29.3 Å². The molecule has 1 unspecified atom stereocenters. The topological polar surface area (TPSA) is 64.3 Å². The molecule has 1 aromatic carbocycles. The number of rotatable bonds is 5. The predicted octanol–water partition coefficient (Wildman–Crippen LogP) is 0.756. The summed E-state index contributed by atoms with van der Waals surface area (Å²) in [5, 5.41) is 2.80. The van der Waals surface area contributed by atoms with Gasteiger partial charge in [0.15, 0.2) is 0 Å². The van der Waals surface area contributed by atoms with E-state index in [9.17, 15) is 4.79 Å². The third kappa shape index (κ3) is 3.55. The molecule has 1 amide bonds. The second-order valence-corrected chi connectivity index (χ2v) is 3.88. The molecule has 88 valence electrons. The molecule has 4 heteroatoms. The number of nitrogens with two attached hydrogens (primary N) is 1. The van der Waals surface area contributed by atoms with E-state index in [-0.39, 0.29) is 6.61 Å². The first-order chi connectivity index (χ1) is 7.52. The number of primary amides is 1. The van der Waals surface area contributed by atoms with E-state index in [1.807, 2.05) is 26.0 Å². The Hall–Kier alpha value is -1.55. The van der Waals surface area contributed by atoms with E-state index in [4.69, 9.17) is 10.5 Å². The Morgan fingerprint density at radius 3 is 2.38 bits per heavy atom. The van der Waals surface area contributed by atoms with Gasteiger partial charge in [0.05, 0.1) is 0 Å². The van der Waals surface area contributed by atoms with Crippen LogP contribution < -0.4 is 15.8 Å². The number of carbonyl (C=O) groups is 1. The van der Waals surface area contributed by atoms with Crippen molar-refractivity contribution in [1.82, 2.24) is 5.32 Å². The van der Waals surface area contributed by atoms with Crippen molar-refractivity contribution >= 4 is 5.91 Å². The van der Waals surface area contributed by atoms with Crippen LogP contribution in [-0.4, -0.2) is 25.6 Å². The summed E-state index contributed by atoms with van der Waals surface area (Å²) in [6.45, 7) is 4.25. The van der Waals surface area contributed by atoms with Gasteiger partial charge >= 0.3 is 0 Å². The summed E-state index contributed by atoms with van der Waals surface area (Å²) in [5.74, 6) is 0.353. The lowest BCUT2D eigenvalue weighted by Crippen LogP contribution is -2.43. The third-order valence-corrected chi connectivity index (χ3v) is 2.30. The molecule has 0 saturated heterocycles. The number of hydrogen-bond donors (Lipinski definition) is 2. The molecule has 0 aliphatic carbocycles. The van der Waals surface area contributed by atoms with Gasteiger partial charge in [0.1, 0.15) is 18.4 Å². The minimum atomic E-state index is -0.458. The van der Waals surface area contributed by atoms with E-state index >= 15 is 0 Å². The fourth-order valence-corrected chi connectivity index (χ4v) is 1.50. The third-order valence-electron chi connectivity index (χ3n) is 2.30. The van der Waals surface area contributed by atoms with Crippen LogP contribution in [-0.2, 0) is 4.79 Å². The highest BCUT2D eigenvalue weighted by molar-refractivity contribution is 5.79. The van der Waals surface area contributed by atoms with Crippen LogP contribution in [0.3, 0.4) is 0 Å². The van der Waals surface area contributed by atoms with Crippen molar-refractivity contribution in [1.29, 1.82) is 0 Å². The zero-order valence-electron chi connectivity index (χ0n) is 9.91. The van der Waals surface area contributed by atoms with Crippen LogP contribution in [0.4, 0.5) is 0 Å². The lowest BCUT2D eigenvalue weighted by atomic mass is 10.1. The molecular weight excluding hydrogens is 204 g/mol. The van der Waals surface area contributed by atoms with Crippen LogP contribution in [0.5, 0.6) is 5.75 Å². The van der Waals surface area contributed by atoms with Crippen LogP contribution >= 0.6 is 0 Å². The van der Waals surface area contributed by atoms with Gasteiger partial charge in [0.25, 0.3) is 0 Å². The van der Waals surface area contributed by atoms with Gasteiger partial charge < -0.3 is 15.8 Å². The Bertz CT molecular complexity index is 357. The summed E-state index contributed by atoms with van der Waals surface area (Å²) in [6, 6.07) is 5.47. The maximum absolute atomic E-state index is 11.0. The summed E-state index contributed by atoms with van der Waals surface area (Å²) in [6.07, 6.45) is 0. The highest BCUT2D eigenvalue weighted by atomic mass is 16.5. The average molecular weight is 222 g/mol. The first-order valence-corrected chi connectivity index (χ1v) is 5.20. The van der Waals surface area contributed by atoms with Crippen molar-refractivity contribution in [3.8, 4) is 5.75 Å². The number of carbonyl (C=O) groups excluding carboxylic acids is 1. The van der Waals surface area contributed by atoms with E-state index in [1.54, 1.807) is 7.05 Å². The van der Waals surface area contributed by atoms with E-state index in [2.05, 4.69) is 11.4 Å². The Balaban J connectivity index is 2.63. The molecule has 3 N–H and O–H groups in total. The van der Waals surface area contributed by atoms with E-state index < -0.39 is 11.9 Å². The summed E-state index contributed by atoms with van der Waals surface area (Å²) in [7, 11) is 1.68. The number of aryl methyl sites for hydroxylation is 2. The Kier molecular flexibility index (Phi) is 4.31. The molecular formula is C12H18N2O2. The number of hydrogen-bond acceptors (Lipinski definition) is 3. The second-order valence-electron chi connectivity index (χ2n) is 3.88. The van der Waals surface area contributed by atoms with Crippen LogP contribution in [0.15, 0.2) is 18.2 Å². The van der Waals surface area contributed by atoms with Crippen molar-refractivity contribution in [2.24, 2.45) is 5.73 Å². The molecule has 1 aromatic rings. The molecule has 0 radical (unpaired) electrons. The number of nitrogens with one attached hydrogen (secondary N) is 1. The summed E-state index contributed by atoms with van der Waals surface area (Å²) in [5.41, 5.74) is 7.46. The molecule has 0 heterocycles. The molecule has 0 aliphatic rings. The molecule has 1 atom stereocenters. The Labute approximate surface area is 95.8 Å². The van der Waals surface area contributed by atoms with Gasteiger partial charge in [-0.25, -0.2) is 0 Å². The van der Waals surface area contributed by atoms with Crippen molar-refractivity contribution in [2.75, 3.05) is 13.7 Å². The van der Waals surface area contributed by atoms with Gasteiger partial charge in [-0.2, -0.15) is 0 Å². The minimum Gasteiger partial charge on any atom is -0.491 e. The molecule has 0 bridgehead atoms. The van der Waals surface area contributed by atoms with Crippen LogP contribution in [0.2, 0.25) is 0 Å². The molecule has 0 spiro atoms. The molecule has 16 heavy (non-hydrogen) atoms. The van der Waals surface area contributed by atoms with E-state index in [0.717, 1.165) is 16.9 Å². The maximum atomic E-state index is 11.0. The lowest BCUT2D eigenvalue weighted by molar-refractivity contribution is -0.120. The number of likely N-dealkylation sites (N-methyl/N-ethyl adjacent to an activating group) is 1. The number of amides is 1. The number of ether oxygens (including phenoxy) is 1. The van der Waals surface area contributed by atoms with Gasteiger partial charge in [-0.1, -0.05) is 6.07 Å². The molecule has 0 aromatic heterocycles. The van der Waals surface area contributed by atoms with Gasteiger partial charge in [0.2, 0.25) is 5.91 Å². The largest absolute Gasteiger partial charge is 0.491 e. The first kappa shape index (κ1) is 12.5. The fraction of sp³-hybridized carbons (Fsp3) is 0.417. The molecule has 0 fully saturated rings. The standard InChI is InChI=1S/C12H18N2O2/c1-8-4-9(2)6-10(5-8)16-7-11(14-3)12(13)15/h4-6,11,14H,7H2,1-3H3,(H2,13,15). The molecule has 4 nitrogen and oxygen atoms in total. The van der Waals surface area contributed by atoms with Crippen molar-refractivity contribution < 1.29 is 9.53 Å².